The van der Waals surface area contributed by atoms with Crippen LogP contribution >= 0.6 is 15.9 Å². The number of carbonyl (C=O) groups excluding carboxylic acids is 3. The predicted molar refractivity (Wildman–Crippen MR) is 136 cm³/mol. The van der Waals surface area contributed by atoms with Crippen LogP contribution in [0.15, 0.2) is 29.0 Å². The van der Waals surface area contributed by atoms with Gasteiger partial charge in [-0.15, -0.1) is 0 Å². The van der Waals surface area contributed by atoms with E-state index in [0.717, 1.165) is 16.5 Å². The maximum atomic E-state index is 13.6. The van der Waals surface area contributed by atoms with Gasteiger partial charge in [0.05, 0.1) is 20.0 Å². The second-order valence-corrected chi connectivity index (χ2v) is 10.3. The molecule has 190 valence electrons. The van der Waals surface area contributed by atoms with Crippen molar-refractivity contribution in [2.24, 2.45) is 5.92 Å². The largest absolute Gasteiger partial charge is 0.496 e. The fraction of sp³-hybridized carbons (Fsp3) is 0.520. The number of ether oxygens (including phenoxy) is 1. The van der Waals surface area contributed by atoms with Gasteiger partial charge in [-0.3, -0.25) is 14.4 Å². The SMILES string of the molecule is CCCN1C(=O)c2c(C(=O)NCc3cc(Br)ccc3OC)ncn2CC1(C)C(=O)NCCC(C)C. The van der Waals surface area contributed by atoms with Gasteiger partial charge in [-0.25, -0.2) is 4.98 Å². The number of nitrogens with one attached hydrogen (secondary N) is 2. The van der Waals surface area contributed by atoms with Crippen LogP contribution in [-0.4, -0.2) is 57.9 Å². The number of benzene rings is 1. The molecule has 3 rings (SSSR count). The molecule has 1 aromatic heterocycles. The molecule has 9 nitrogen and oxygen atoms in total. The molecule has 1 aliphatic rings. The Labute approximate surface area is 214 Å². The first kappa shape index (κ1) is 26.7. The lowest BCUT2D eigenvalue weighted by molar-refractivity contribution is -0.132. The molecular formula is C25H34BrN5O4. The average molecular weight is 548 g/mol. The van der Waals surface area contributed by atoms with Crippen molar-refractivity contribution in [3.8, 4) is 5.75 Å². The second-order valence-electron chi connectivity index (χ2n) is 9.38. The molecule has 2 heterocycles. The first-order valence-electron chi connectivity index (χ1n) is 11.9. The average Bonchev–Trinajstić information content (AvgIpc) is 3.23. The number of methoxy groups -OCH3 is 1. The van der Waals surface area contributed by atoms with Crippen molar-refractivity contribution in [1.82, 2.24) is 25.1 Å². The quantitative estimate of drug-likeness (QED) is 0.474. The third-order valence-corrected chi connectivity index (χ3v) is 6.69. The van der Waals surface area contributed by atoms with Crippen LogP contribution in [0.3, 0.4) is 0 Å². The maximum absolute atomic E-state index is 13.6. The van der Waals surface area contributed by atoms with Crippen LogP contribution in [-0.2, 0) is 17.9 Å². The van der Waals surface area contributed by atoms with E-state index in [-0.39, 0.29) is 36.3 Å². The Hall–Kier alpha value is -2.88. The molecular weight excluding hydrogens is 514 g/mol. The van der Waals surface area contributed by atoms with Crippen LogP contribution in [0.5, 0.6) is 5.75 Å². The zero-order valence-electron chi connectivity index (χ0n) is 21.0. The molecule has 0 saturated carbocycles. The van der Waals surface area contributed by atoms with Crippen molar-refractivity contribution < 1.29 is 19.1 Å². The Morgan fingerprint density at radius 2 is 2.03 bits per heavy atom. The molecule has 10 heteroatoms. The fourth-order valence-corrected chi connectivity index (χ4v) is 4.65. The highest BCUT2D eigenvalue weighted by molar-refractivity contribution is 9.10. The fourth-order valence-electron chi connectivity index (χ4n) is 4.24. The van der Waals surface area contributed by atoms with Crippen LogP contribution in [0.4, 0.5) is 0 Å². The standard InChI is InChI=1S/C25H34BrN5O4/c1-6-11-31-23(33)21-20(22(32)28-13-17-12-18(26)7-8-19(17)35-5)29-15-30(21)14-25(31,4)24(34)27-10-9-16(2)3/h7-8,12,15-16H,6,9-11,13-14H2,1-5H3,(H,27,34)(H,28,32). The number of halogens is 1. The lowest BCUT2D eigenvalue weighted by Gasteiger charge is -2.43. The van der Waals surface area contributed by atoms with Gasteiger partial charge in [-0.2, -0.15) is 0 Å². The predicted octanol–water partition coefficient (Wildman–Crippen LogP) is 3.37. The number of hydrogen-bond donors (Lipinski definition) is 2. The Balaban J connectivity index is 1.83. The van der Waals surface area contributed by atoms with Crippen molar-refractivity contribution in [2.75, 3.05) is 20.2 Å². The molecule has 0 radical (unpaired) electrons. The van der Waals surface area contributed by atoms with E-state index < -0.39 is 11.4 Å². The van der Waals surface area contributed by atoms with Gasteiger partial charge in [-0.1, -0.05) is 36.7 Å². The van der Waals surface area contributed by atoms with Gasteiger partial charge < -0.3 is 24.8 Å². The molecule has 0 spiro atoms. The van der Waals surface area contributed by atoms with E-state index >= 15 is 0 Å². The van der Waals surface area contributed by atoms with E-state index in [9.17, 15) is 14.4 Å². The van der Waals surface area contributed by atoms with Gasteiger partial charge in [0, 0.05) is 29.7 Å². The van der Waals surface area contributed by atoms with Crippen molar-refractivity contribution in [1.29, 1.82) is 0 Å². The normalized spacial score (nSPS) is 17.3. The number of imidazole rings is 1. The van der Waals surface area contributed by atoms with E-state index in [0.29, 0.717) is 31.2 Å². The molecule has 35 heavy (non-hydrogen) atoms. The molecule has 1 atom stereocenters. The summed E-state index contributed by atoms with van der Waals surface area (Å²) in [4.78, 5) is 45.7. The summed E-state index contributed by atoms with van der Waals surface area (Å²) in [5.74, 6) is 0.0656. The highest BCUT2D eigenvalue weighted by atomic mass is 79.9. The lowest BCUT2D eigenvalue weighted by atomic mass is 9.93. The Kier molecular flexibility index (Phi) is 8.58. The molecule has 1 unspecified atom stereocenters. The van der Waals surface area contributed by atoms with Gasteiger partial charge in [0.15, 0.2) is 5.69 Å². The van der Waals surface area contributed by atoms with Crippen LogP contribution in [0.1, 0.15) is 67.1 Å². The zero-order chi connectivity index (χ0) is 25.8. The number of rotatable bonds is 10. The van der Waals surface area contributed by atoms with E-state index in [1.54, 1.807) is 23.5 Å². The Bertz CT molecular complexity index is 1100. The van der Waals surface area contributed by atoms with Crippen LogP contribution in [0, 0.1) is 5.92 Å². The molecule has 1 aromatic carbocycles. The number of fused-ring (bicyclic) bond motifs is 1. The summed E-state index contributed by atoms with van der Waals surface area (Å²) >= 11 is 3.43. The lowest BCUT2D eigenvalue weighted by Crippen LogP contribution is -2.64. The van der Waals surface area contributed by atoms with Gasteiger partial charge >= 0.3 is 0 Å². The van der Waals surface area contributed by atoms with Crippen LogP contribution < -0.4 is 15.4 Å². The number of nitrogens with zero attached hydrogens (tertiary/aromatic N) is 3. The minimum atomic E-state index is -1.07. The molecule has 2 aromatic rings. The minimum absolute atomic E-state index is 0.0485. The minimum Gasteiger partial charge on any atom is -0.496 e. The molecule has 0 bridgehead atoms. The summed E-state index contributed by atoms with van der Waals surface area (Å²) < 4.78 is 7.84. The van der Waals surface area contributed by atoms with E-state index in [1.807, 2.05) is 25.1 Å². The van der Waals surface area contributed by atoms with Crippen LogP contribution in [0.2, 0.25) is 0 Å². The molecule has 0 saturated heterocycles. The summed E-state index contributed by atoms with van der Waals surface area (Å²) in [6, 6.07) is 5.52. The van der Waals surface area contributed by atoms with Crippen LogP contribution in [0.25, 0.3) is 0 Å². The summed E-state index contributed by atoms with van der Waals surface area (Å²) in [5.41, 5.74) is -0.0420. The second kappa shape index (κ2) is 11.2. The first-order valence-corrected chi connectivity index (χ1v) is 12.7. The van der Waals surface area contributed by atoms with Crippen molar-refractivity contribution in [3.63, 3.8) is 0 Å². The Morgan fingerprint density at radius 3 is 2.69 bits per heavy atom. The van der Waals surface area contributed by atoms with Gasteiger partial charge in [0.25, 0.3) is 11.8 Å². The van der Waals surface area contributed by atoms with Gasteiger partial charge in [0.1, 0.15) is 17.0 Å². The molecule has 1 aliphatic heterocycles. The third-order valence-electron chi connectivity index (χ3n) is 6.20. The summed E-state index contributed by atoms with van der Waals surface area (Å²) in [5, 5.41) is 5.82. The number of aromatic nitrogens is 2. The van der Waals surface area contributed by atoms with E-state index in [2.05, 4.69) is 45.4 Å². The van der Waals surface area contributed by atoms with Crippen molar-refractivity contribution in [2.45, 2.75) is 59.2 Å². The van der Waals surface area contributed by atoms with Crippen molar-refractivity contribution in [3.05, 3.63) is 46.0 Å². The monoisotopic (exact) mass is 547 g/mol. The molecule has 3 amide bonds. The first-order chi connectivity index (χ1) is 16.6. The summed E-state index contributed by atoms with van der Waals surface area (Å²) in [6.45, 7) is 9.29. The van der Waals surface area contributed by atoms with Gasteiger partial charge in [0.2, 0.25) is 5.91 Å². The highest BCUT2D eigenvalue weighted by Gasteiger charge is 2.48. The smallest absolute Gasteiger partial charge is 0.273 e. The Morgan fingerprint density at radius 1 is 1.29 bits per heavy atom. The van der Waals surface area contributed by atoms with E-state index in [4.69, 9.17) is 4.74 Å². The van der Waals surface area contributed by atoms with Crippen molar-refractivity contribution >= 4 is 33.7 Å². The highest BCUT2D eigenvalue weighted by Crippen LogP contribution is 2.29. The molecule has 0 aliphatic carbocycles. The number of hydrogen-bond acceptors (Lipinski definition) is 5. The topological polar surface area (TPSA) is 106 Å². The summed E-state index contributed by atoms with van der Waals surface area (Å²) in [6.07, 6.45) is 3.00. The zero-order valence-corrected chi connectivity index (χ0v) is 22.6. The third kappa shape index (κ3) is 5.69. The molecule has 2 N–H and O–H groups in total. The molecule has 0 fully saturated rings. The van der Waals surface area contributed by atoms with E-state index in [1.165, 1.54) is 6.33 Å². The number of amides is 3. The van der Waals surface area contributed by atoms with Gasteiger partial charge in [-0.05, 0) is 43.9 Å². The maximum Gasteiger partial charge on any atom is 0.273 e. The number of carbonyl (C=O) groups is 3. The summed E-state index contributed by atoms with van der Waals surface area (Å²) in [7, 11) is 1.57.